The number of rotatable bonds is 8. The highest BCUT2D eigenvalue weighted by Crippen LogP contribution is 2.15. The summed E-state index contributed by atoms with van der Waals surface area (Å²) in [4.78, 5) is 23.9. The number of halogens is 1. The molecule has 1 amide bonds. The first-order valence-corrected chi connectivity index (χ1v) is 7.72. The van der Waals surface area contributed by atoms with E-state index in [0.29, 0.717) is 12.2 Å². The van der Waals surface area contributed by atoms with Crippen LogP contribution in [0.2, 0.25) is 0 Å². The molecular formula is C18H19FN2O4. The maximum Gasteiger partial charge on any atom is 0.340 e. The van der Waals surface area contributed by atoms with Crippen LogP contribution < -0.4 is 10.6 Å². The van der Waals surface area contributed by atoms with E-state index in [1.807, 2.05) is 0 Å². The van der Waals surface area contributed by atoms with Gasteiger partial charge in [-0.1, -0.05) is 24.3 Å². The molecule has 0 saturated heterocycles. The zero-order chi connectivity index (χ0) is 18.1. The van der Waals surface area contributed by atoms with Gasteiger partial charge in [0, 0.05) is 18.8 Å². The topological polar surface area (TPSA) is 87.7 Å². The number of hydrogen-bond acceptors (Lipinski definition) is 5. The summed E-state index contributed by atoms with van der Waals surface area (Å²) >= 11 is 0. The van der Waals surface area contributed by atoms with E-state index in [1.165, 1.54) is 12.1 Å². The molecule has 2 aromatic rings. The molecule has 25 heavy (non-hydrogen) atoms. The maximum atomic E-state index is 12.8. The summed E-state index contributed by atoms with van der Waals surface area (Å²) in [5.74, 6) is -1.45. The van der Waals surface area contributed by atoms with Crippen molar-refractivity contribution in [2.75, 3.05) is 25.1 Å². The van der Waals surface area contributed by atoms with Crippen molar-refractivity contribution in [2.24, 2.45) is 0 Å². The smallest absolute Gasteiger partial charge is 0.340 e. The van der Waals surface area contributed by atoms with Crippen LogP contribution in [-0.4, -0.2) is 36.7 Å². The van der Waals surface area contributed by atoms with Crippen LogP contribution in [0.25, 0.3) is 0 Å². The molecule has 0 saturated carbocycles. The number of amides is 1. The number of benzene rings is 2. The average molecular weight is 346 g/mol. The van der Waals surface area contributed by atoms with E-state index in [2.05, 4.69) is 10.6 Å². The van der Waals surface area contributed by atoms with Gasteiger partial charge in [-0.25, -0.2) is 9.18 Å². The van der Waals surface area contributed by atoms with Gasteiger partial charge in [-0.15, -0.1) is 0 Å². The number of anilines is 1. The zero-order valence-corrected chi connectivity index (χ0v) is 13.5. The van der Waals surface area contributed by atoms with Crippen LogP contribution in [-0.2, 0) is 16.1 Å². The van der Waals surface area contributed by atoms with Gasteiger partial charge in [0.2, 0.25) is 0 Å². The Kier molecular flexibility index (Phi) is 6.91. The third-order valence-corrected chi connectivity index (χ3v) is 3.31. The first-order valence-electron chi connectivity index (χ1n) is 7.72. The lowest BCUT2D eigenvalue weighted by Crippen LogP contribution is -2.28. The van der Waals surface area contributed by atoms with Crippen LogP contribution >= 0.6 is 0 Å². The van der Waals surface area contributed by atoms with Crippen molar-refractivity contribution in [3.05, 3.63) is 65.5 Å². The number of aliphatic hydroxyl groups excluding tert-OH is 1. The van der Waals surface area contributed by atoms with Crippen molar-refractivity contribution in [3.63, 3.8) is 0 Å². The van der Waals surface area contributed by atoms with E-state index in [9.17, 15) is 14.0 Å². The van der Waals surface area contributed by atoms with Crippen molar-refractivity contribution in [3.8, 4) is 0 Å². The molecule has 0 fully saturated rings. The first-order chi connectivity index (χ1) is 12.1. The molecule has 0 bridgehead atoms. The number of aliphatic hydroxyl groups is 1. The van der Waals surface area contributed by atoms with Crippen LogP contribution in [0.1, 0.15) is 15.9 Å². The highest BCUT2D eigenvalue weighted by molar-refractivity contribution is 5.96. The molecule has 0 aliphatic rings. The molecule has 2 rings (SSSR count). The standard InChI is InChI=1S/C18H19FN2O4/c19-14-7-5-13(6-8-14)11-21-17(23)12-25-18(24)15-3-1-2-4-16(15)20-9-10-22/h1-8,20,22H,9-12H2,(H,21,23). The molecule has 0 atom stereocenters. The lowest BCUT2D eigenvalue weighted by Gasteiger charge is -2.11. The summed E-state index contributed by atoms with van der Waals surface area (Å²) in [6, 6.07) is 12.4. The van der Waals surface area contributed by atoms with Crippen LogP contribution in [0.3, 0.4) is 0 Å². The normalized spacial score (nSPS) is 10.2. The lowest BCUT2D eigenvalue weighted by molar-refractivity contribution is -0.124. The van der Waals surface area contributed by atoms with Gasteiger partial charge in [0.15, 0.2) is 6.61 Å². The van der Waals surface area contributed by atoms with Gasteiger partial charge in [0.05, 0.1) is 12.2 Å². The van der Waals surface area contributed by atoms with Crippen molar-refractivity contribution in [1.82, 2.24) is 5.32 Å². The fourth-order valence-electron chi connectivity index (χ4n) is 2.07. The molecule has 3 N–H and O–H groups in total. The van der Waals surface area contributed by atoms with Gasteiger partial charge in [0.25, 0.3) is 5.91 Å². The maximum absolute atomic E-state index is 12.8. The molecule has 0 aliphatic heterocycles. The second kappa shape index (κ2) is 9.39. The van der Waals surface area contributed by atoms with Gasteiger partial charge in [-0.05, 0) is 29.8 Å². The third kappa shape index (κ3) is 5.89. The first kappa shape index (κ1) is 18.4. The molecular weight excluding hydrogens is 327 g/mol. The molecule has 0 radical (unpaired) electrons. The van der Waals surface area contributed by atoms with E-state index in [-0.39, 0.29) is 24.5 Å². The van der Waals surface area contributed by atoms with Gasteiger partial charge >= 0.3 is 5.97 Å². The summed E-state index contributed by atoms with van der Waals surface area (Å²) < 4.78 is 17.8. The minimum absolute atomic E-state index is 0.0742. The number of para-hydroxylation sites is 1. The van der Waals surface area contributed by atoms with Crippen LogP contribution in [0.4, 0.5) is 10.1 Å². The van der Waals surface area contributed by atoms with Crippen molar-refractivity contribution in [1.29, 1.82) is 0 Å². The largest absolute Gasteiger partial charge is 0.452 e. The van der Waals surface area contributed by atoms with Gasteiger partial charge < -0.3 is 20.5 Å². The molecule has 0 heterocycles. The number of carbonyl (C=O) groups excluding carboxylic acids is 2. The fraction of sp³-hybridized carbons (Fsp3) is 0.222. The quantitative estimate of drug-likeness (QED) is 0.633. The number of nitrogens with one attached hydrogen (secondary N) is 2. The third-order valence-electron chi connectivity index (χ3n) is 3.31. The summed E-state index contributed by atoms with van der Waals surface area (Å²) in [7, 11) is 0. The summed E-state index contributed by atoms with van der Waals surface area (Å²) in [6.07, 6.45) is 0. The molecule has 7 heteroatoms. The highest BCUT2D eigenvalue weighted by atomic mass is 19.1. The predicted molar refractivity (Wildman–Crippen MR) is 90.5 cm³/mol. The number of hydrogen-bond donors (Lipinski definition) is 3. The highest BCUT2D eigenvalue weighted by Gasteiger charge is 2.14. The minimum atomic E-state index is -0.641. The van der Waals surface area contributed by atoms with Crippen molar-refractivity contribution >= 4 is 17.6 Å². The molecule has 0 aromatic heterocycles. The summed E-state index contributed by atoms with van der Waals surface area (Å²) in [6.45, 7) is 0.0112. The number of ether oxygens (including phenoxy) is 1. The lowest BCUT2D eigenvalue weighted by atomic mass is 10.2. The van der Waals surface area contributed by atoms with E-state index >= 15 is 0 Å². The molecule has 6 nitrogen and oxygen atoms in total. The second-order valence-electron chi connectivity index (χ2n) is 5.18. The Morgan fingerprint density at radius 1 is 1.08 bits per heavy atom. The minimum Gasteiger partial charge on any atom is -0.452 e. The molecule has 0 unspecified atom stereocenters. The van der Waals surface area contributed by atoms with Crippen molar-refractivity contribution in [2.45, 2.75) is 6.54 Å². The SMILES string of the molecule is O=C(COC(=O)c1ccccc1NCCO)NCc1ccc(F)cc1. The van der Waals surface area contributed by atoms with Crippen LogP contribution in [0.15, 0.2) is 48.5 Å². The van der Waals surface area contributed by atoms with Gasteiger partial charge in [-0.3, -0.25) is 4.79 Å². The summed E-state index contributed by atoms with van der Waals surface area (Å²) in [5.41, 5.74) is 1.54. The Hall–Kier alpha value is -2.93. The van der Waals surface area contributed by atoms with Crippen LogP contribution in [0, 0.1) is 5.82 Å². The van der Waals surface area contributed by atoms with E-state index < -0.39 is 18.5 Å². The molecule has 0 aliphatic carbocycles. The second-order valence-corrected chi connectivity index (χ2v) is 5.18. The summed E-state index contributed by atoms with van der Waals surface area (Å²) in [5, 5.41) is 14.3. The van der Waals surface area contributed by atoms with E-state index in [4.69, 9.17) is 9.84 Å². The Morgan fingerprint density at radius 3 is 2.52 bits per heavy atom. The molecule has 0 spiro atoms. The predicted octanol–water partition coefficient (Wildman–Crippen LogP) is 1.70. The Bertz CT molecular complexity index is 719. The van der Waals surface area contributed by atoms with Gasteiger partial charge in [0.1, 0.15) is 5.82 Å². The fourth-order valence-corrected chi connectivity index (χ4v) is 2.07. The van der Waals surface area contributed by atoms with E-state index in [0.717, 1.165) is 5.56 Å². The number of esters is 1. The van der Waals surface area contributed by atoms with Crippen LogP contribution in [0.5, 0.6) is 0 Å². The van der Waals surface area contributed by atoms with E-state index in [1.54, 1.807) is 36.4 Å². The number of carbonyl (C=O) groups is 2. The monoisotopic (exact) mass is 346 g/mol. The average Bonchev–Trinajstić information content (AvgIpc) is 2.64. The molecule has 2 aromatic carbocycles. The van der Waals surface area contributed by atoms with Gasteiger partial charge in [-0.2, -0.15) is 0 Å². The zero-order valence-electron chi connectivity index (χ0n) is 13.5. The molecule has 132 valence electrons. The Morgan fingerprint density at radius 2 is 1.80 bits per heavy atom. The Labute approximate surface area is 144 Å². The Balaban J connectivity index is 1.83. The van der Waals surface area contributed by atoms with Crippen molar-refractivity contribution < 1.29 is 23.8 Å².